The van der Waals surface area contributed by atoms with Gasteiger partial charge in [-0.1, -0.05) is 54.6 Å². The van der Waals surface area contributed by atoms with Crippen molar-refractivity contribution in [3.05, 3.63) is 108 Å². The highest BCUT2D eigenvalue weighted by atomic mass is 32.2. The summed E-state index contributed by atoms with van der Waals surface area (Å²) in [7, 11) is -6.41. The Bertz CT molecular complexity index is 1520. The Hall–Kier alpha value is -4.31. The summed E-state index contributed by atoms with van der Waals surface area (Å²) < 4.78 is 90.0. The number of hydrogen-bond acceptors (Lipinski definition) is 11. The minimum atomic E-state index is -6.41. The number of benzene rings is 3. The van der Waals surface area contributed by atoms with Gasteiger partial charge in [0.2, 0.25) is 0 Å². The van der Waals surface area contributed by atoms with E-state index in [9.17, 15) is 41.1 Å². The fraction of sp³-hybridized carbons (Fsp3) is 0.250. The first-order chi connectivity index (χ1) is 20.4. The van der Waals surface area contributed by atoms with Crippen molar-refractivity contribution in [2.75, 3.05) is 6.61 Å². The maximum Gasteiger partial charge on any atom is 0.523 e. The smallest absolute Gasteiger partial charge is 0.459 e. The first-order valence-corrected chi connectivity index (χ1v) is 13.9. The second-order valence-electron chi connectivity index (χ2n) is 8.96. The molecule has 0 unspecified atom stereocenters. The molecule has 0 saturated carbocycles. The molecule has 15 heteroatoms. The van der Waals surface area contributed by atoms with E-state index in [1.54, 1.807) is 18.2 Å². The lowest BCUT2D eigenvalue weighted by Gasteiger charge is -2.42. The molecular formula is C28H23F3O11S. The van der Waals surface area contributed by atoms with E-state index in [4.69, 9.17) is 18.9 Å². The van der Waals surface area contributed by atoms with Crippen LogP contribution in [-0.4, -0.2) is 74.3 Å². The van der Waals surface area contributed by atoms with E-state index >= 15 is 0 Å². The third kappa shape index (κ3) is 7.75. The Balaban J connectivity index is 1.71. The number of alkyl halides is 3. The van der Waals surface area contributed by atoms with Gasteiger partial charge >= 0.3 is 33.5 Å². The van der Waals surface area contributed by atoms with Gasteiger partial charge < -0.3 is 24.1 Å². The van der Waals surface area contributed by atoms with Crippen molar-refractivity contribution in [2.45, 2.75) is 36.2 Å². The Morgan fingerprint density at radius 3 is 1.56 bits per heavy atom. The molecule has 4 rings (SSSR count). The Morgan fingerprint density at radius 2 is 1.12 bits per heavy atom. The van der Waals surface area contributed by atoms with Crippen molar-refractivity contribution in [3.8, 4) is 0 Å². The molecule has 0 aliphatic carbocycles. The van der Waals surface area contributed by atoms with E-state index in [2.05, 4.69) is 4.18 Å². The van der Waals surface area contributed by atoms with Crippen molar-refractivity contribution >= 4 is 28.0 Å². The van der Waals surface area contributed by atoms with E-state index < -0.39 is 70.8 Å². The van der Waals surface area contributed by atoms with Crippen LogP contribution in [0.1, 0.15) is 31.1 Å². The average Bonchev–Trinajstić information content (AvgIpc) is 2.99. The van der Waals surface area contributed by atoms with Gasteiger partial charge in [0, 0.05) is 0 Å². The Labute approximate surface area is 242 Å². The van der Waals surface area contributed by atoms with Crippen LogP contribution in [-0.2, 0) is 33.2 Å². The maximum atomic E-state index is 13.4. The van der Waals surface area contributed by atoms with Crippen LogP contribution in [0, 0.1) is 0 Å². The van der Waals surface area contributed by atoms with Gasteiger partial charge in [-0.2, -0.15) is 21.6 Å². The summed E-state index contributed by atoms with van der Waals surface area (Å²) in [5.41, 5.74) is -6.11. The Morgan fingerprint density at radius 1 is 0.698 bits per heavy atom. The van der Waals surface area contributed by atoms with Crippen LogP contribution >= 0.6 is 0 Å². The number of carbonyl (C=O) groups is 3. The molecule has 3 aromatic rings. The molecule has 43 heavy (non-hydrogen) atoms. The van der Waals surface area contributed by atoms with E-state index in [1.165, 1.54) is 72.8 Å². The summed E-state index contributed by atoms with van der Waals surface area (Å²) in [6.07, 6.45) is -10.9. The Kier molecular flexibility index (Phi) is 9.80. The highest BCUT2D eigenvalue weighted by Gasteiger charge is 2.57. The summed E-state index contributed by atoms with van der Waals surface area (Å²) in [4.78, 5) is 38.3. The molecule has 0 spiro atoms. The molecule has 1 aliphatic rings. The number of carbonyl (C=O) groups excluding carboxylic acids is 3. The minimum Gasteiger partial charge on any atom is -0.459 e. The summed E-state index contributed by atoms with van der Waals surface area (Å²) in [5, 5.41) is 10.8. The van der Waals surface area contributed by atoms with Gasteiger partial charge in [0.15, 0.2) is 18.5 Å². The third-order valence-corrected chi connectivity index (χ3v) is 7.07. The van der Waals surface area contributed by atoms with Crippen LogP contribution in [0.4, 0.5) is 13.2 Å². The number of aliphatic hydroxyl groups excluding tert-OH is 1. The largest absolute Gasteiger partial charge is 0.523 e. The van der Waals surface area contributed by atoms with Crippen molar-refractivity contribution in [1.29, 1.82) is 0 Å². The van der Waals surface area contributed by atoms with Gasteiger partial charge in [-0.15, -0.1) is 0 Å². The lowest BCUT2D eigenvalue weighted by atomic mass is 9.98. The first-order valence-electron chi connectivity index (χ1n) is 12.4. The number of ether oxygens (including phenoxy) is 4. The molecule has 5 atom stereocenters. The van der Waals surface area contributed by atoms with Crippen LogP contribution in [0.15, 0.2) is 91.0 Å². The zero-order chi connectivity index (χ0) is 31.2. The zero-order valence-electron chi connectivity index (χ0n) is 21.8. The normalized spacial score (nSPS) is 22.3. The van der Waals surface area contributed by atoms with Crippen molar-refractivity contribution in [1.82, 2.24) is 0 Å². The summed E-state index contributed by atoms with van der Waals surface area (Å²) in [5.74, 6) is -3.30. The lowest BCUT2D eigenvalue weighted by molar-refractivity contribution is -0.280. The molecule has 1 aliphatic heterocycles. The van der Waals surface area contributed by atoms with E-state index in [-0.39, 0.29) is 16.7 Å². The number of esters is 3. The van der Waals surface area contributed by atoms with Crippen LogP contribution in [0.3, 0.4) is 0 Å². The summed E-state index contributed by atoms with van der Waals surface area (Å²) in [6, 6.07) is 21.5. The van der Waals surface area contributed by atoms with Crippen molar-refractivity contribution < 1.29 is 64.2 Å². The fourth-order valence-corrected chi connectivity index (χ4v) is 4.59. The quantitative estimate of drug-likeness (QED) is 0.162. The van der Waals surface area contributed by atoms with Gasteiger partial charge in [0.25, 0.3) is 0 Å². The topological polar surface area (TPSA) is 152 Å². The highest BCUT2D eigenvalue weighted by molar-refractivity contribution is 7.87. The number of hydrogen-bond donors (Lipinski definition) is 1. The zero-order valence-corrected chi connectivity index (χ0v) is 22.6. The monoisotopic (exact) mass is 624 g/mol. The van der Waals surface area contributed by atoms with Gasteiger partial charge in [-0.25, -0.2) is 14.4 Å². The lowest BCUT2D eigenvalue weighted by Crippen LogP contribution is -2.63. The van der Waals surface area contributed by atoms with Crippen LogP contribution < -0.4 is 0 Å². The van der Waals surface area contributed by atoms with E-state index in [0.717, 1.165) is 0 Å². The molecular weight excluding hydrogens is 601 g/mol. The molecule has 1 N–H and O–H groups in total. The molecule has 1 heterocycles. The van der Waals surface area contributed by atoms with Crippen molar-refractivity contribution in [3.63, 3.8) is 0 Å². The molecule has 0 amide bonds. The average molecular weight is 625 g/mol. The van der Waals surface area contributed by atoms with Gasteiger partial charge in [-0.3, -0.25) is 4.18 Å². The molecule has 1 fully saturated rings. The maximum absolute atomic E-state index is 13.4. The van der Waals surface area contributed by atoms with Crippen LogP contribution in [0.2, 0.25) is 0 Å². The highest BCUT2D eigenvalue weighted by Crippen LogP contribution is 2.34. The van der Waals surface area contributed by atoms with Crippen molar-refractivity contribution in [2.24, 2.45) is 0 Å². The second-order valence-corrected chi connectivity index (χ2v) is 10.5. The molecule has 228 valence electrons. The summed E-state index contributed by atoms with van der Waals surface area (Å²) in [6.45, 7) is -0.971. The standard InChI is InChI=1S/C28H23F3O11S/c29-28(30,31)43(36,37)42-21-20(16-38-24(32)17-10-4-1-5-11-17)39-27(35)23(41-26(34)19-14-8-3-9-15-19)22(21)40-25(33)18-12-6-2-7-13-18/h1-15,20-23,27,35H,16H2/t20-,21-,22+,23-,27-/m1/s1. The van der Waals surface area contributed by atoms with Crippen LogP contribution in [0.25, 0.3) is 0 Å². The minimum absolute atomic E-state index is 0.0287. The van der Waals surface area contributed by atoms with Gasteiger partial charge in [0.05, 0.1) is 16.7 Å². The summed E-state index contributed by atoms with van der Waals surface area (Å²) >= 11 is 0. The van der Waals surface area contributed by atoms with Crippen LogP contribution in [0.5, 0.6) is 0 Å². The molecule has 0 bridgehead atoms. The van der Waals surface area contributed by atoms with E-state index in [0.29, 0.717) is 0 Å². The fourth-order valence-electron chi connectivity index (χ4n) is 3.95. The SMILES string of the molecule is O=C(OC[C@H]1O[C@@H](O)[C@H](OC(=O)c2ccccc2)[C@@H](OC(=O)c2ccccc2)[C@@H]1OS(=O)(=O)C(F)(F)F)c1ccccc1. The van der Waals surface area contributed by atoms with E-state index in [1.807, 2.05) is 0 Å². The number of rotatable bonds is 9. The van der Waals surface area contributed by atoms with Gasteiger partial charge in [0.1, 0.15) is 18.8 Å². The molecule has 11 nitrogen and oxygen atoms in total. The van der Waals surface area contributed by atoms with Gasteiger partial charge in [-0.05, 0) is 36.4 Å². The number of halogens is 3. The molecule has 0 radical (unpaired) electrons. The molecule has 1 saturated heterocycles. The third-order valence-electron chi connectivity index (χ3n) is 6.02. The predicted molar refractivity (Wildman–Crippen MR) is 139 cm³/mol. The number of aliphatic hydroxyl groups is 1. The molecule has 0 aromatic heterocycles. The predicted octanol–water partition coefficient (Wildman–Crippen LogP) is 3.25. The molecule has 3 aromatic carbocycles. The first kappa shape index (κ1) is 31.6. The second kappa shape index (κ2) is 13.3.